The Morgan fingerprint density at radius 3 is 2.95 bits per heavy atom. The summed E-state index contributed by atoms with van der Waals surface area (Å²) in [5.41, 5.74) is 7.97. The van der Waals surface area contributed by atoms with Crippen molar-refractivity contribution in [1.82, 2.24) is 4.98 Å². The molecule has 3 N–H and O–H groups in total. The molecule has 0 saturated carbocycles. The molecule has 0 aliphatic rings. The van der Waals surface area contributed by atoms with Crippen LogP contribution in [0.2, 0.25) is 0 Å². The predicted molar refractivity (Wildman–Crippen MR) is 77.4 cm³/mol. The first-order valence-electron chi connectivity index (χ1n) is 6.68. The van der Waals surface area contributed by atoms with Gasteiger partial charge in [0, 0.05) is 43.7 Å². The third-order valence-corrected chi connectivity index (χ3v) is 3.15. The lowest BCUT2D eigenvalue weighted by molar-refractivity contribution is -0.145. The lowest BCUT2D eigenvalue weighted by Crippen LogP contribution is -2.34. The van der Waals surface area contributed by atoms with Crippen molar-refractivity contribution < 1.29 is 14.3 Å². The number of fused-ring (bicyclic) bond motifs is 1. The Labute approximate surface area is 118 Å². The van der Waals surface area contributed by atoms with Gasteiger partial charge in [-0.25, -0.2) is 0 Å². The van der Waals surface area contributed by atoms with Gasteiger partial charge in [0.05, 0.1) is 6.61 Å². The van der Waals surface area contributed by atoms with Crippen LogP contribution in [0.15, 0.2) is 30.5 Å². The zero-order valence-electron chi connectivity index (χ0n) is 11.6. The van der Waals surface area contributed by atoms with E-state index in [1.54, 1.807) is 7.11 Å². The highest BCUT2D eigenvalue weighted by molar-refractivity contribution is 5.84. The minimum absolute atomic E-state index is 0.342. The number of hydrogen-bond donors (Lipinski definition) is 2. The van der Waals surface area contributed by atoms with Crippen LogP contribution in [-0.2, 0) is 20.7 Å². The number of nitrogens with two attached hydrogens (primary N) is 1. The zero-order chi connectivity index (χ0) is 14.4. The average Bonchev–Trinajstić information content (AvgIpc) is 2.87. The number of H-pyrrole nitrogens is 1. The van der Waals surface area contributed by atoms with Crippen LogP contribution >= 0.6 is 0 Å². The topological polar surface area (TPSA) is 77.3 Å². The minimum Gasteiger partial charge on any atom is -0.464 e. The van der Waals surface area contributed by atoms with E-state index in [0.717, 1.165) is 16.5 Å². The summed E-state index contributed by atoms with van der Waals surface area (Å²) in [4.78, 5) is 14.9. The van der Waals surface area contributed by atoms with Gasteiger partial charge < -0.3 is 20.2 Å². The molecule has 0 unspecified atom stereocenters. The van der Waals surface area contributed by atoms with E-state index in [0.29, 0.717) is 26.1 Å². The van der Waals surface area contributed by atoms with Crippen molar-refractivity contribution >= 4 is 16.9 Å². The van der Waals surface area contributed by atoms with Crippen molar-refractivity contribution in [3.8, 4) is 0 Å². The van der Waals surface area contributed by atoms with Crippen LogP contribution in [0.5, 0.6) is 0 Å². The molecule has 20 heavy (non-hydrogen) atoms. The van der Waals surface area contributed by atoms with Crippen molar-refractivity contribution in [2.75, 3.05) is 20.3 Å². The summed E-state index contributed by atoms with van der Waals surface area (Å²) in [5.74, 6) is -0.369. The van der Waals surface area contributed by atoms with Crippen molar-refractivity contribution in [3.05, 3.63) is 36.0 Å². The number of aromatic nitrogens is 1. The number of aromatic amines is 1. The van der Waals surface area contributed by atoms with Crippen LogP contribution in [0, 0.1) is 0 Å². The van der Waals surface area contributed by atoms with Gasteiger partial charge in [0.15, 0.2) is 0 Å². The van der Waals surface area contributed by atoms with E-state index in [1.165, 1.54) is 0 Å². The standard InChI is InChI=1S/C15H20N2O3/c1-19-7-4-8-20-15(18)13(16)9-11-10-17-14-6-3-2-5-12(11)14/h2-3,5-6,10,13,17H,4,7-9,16H2,1H3/t13-/m1/s1. The highest BCUT2D eigenvalue weighted by atomic mass is 16.5. The summed E-state index contributed by atoms with van der Waals surface area (Å²) in [7, 11) is 1.62. The van der Waals surface area contributed by atoms with Gasteiger partial charge in [-0.3, -0.25) is 4.79 Å². The molecule has 0 amide bonds. The highest BCUT2D eigenvalue weighted by Crippen LogP contribution is 2.18. The Balaban J connectivity index is 1.90. The third-order valence-electron chi connectivity index (χ3n) is 3.15. The maximum Gasteiger partial charge on any atom is 0.323 e. The maximum atomic E-state index is 11.8. The van der Waals surface area contributed by atoms with Crippen LogP contribution in [-0.4, -0.2) is 37.3 Å². The number of hydrogen-bond acceptors (Lipinski definition) is 4. The minimum atomic E-state index is -0.642. The molecule has 0 aliphatic heterocycles. The van der Waals surface area contributed by atoms with E-state index in [1.807, 2.05) is 30.5 Å². The SMILES string of the molecule is COCCCOC(=O)[C@H](N)Cc1c[nH]c2ccccc12. The molecule has 1 heterocycles. The van der Waals surface area contributed by atoms with E-state index >= 15 is 0 Å². The summed E-state index contributed by atoms with van der Waals surface area (Å²) >= 11 is 0. The van der Waals surface area contributed by atoms with Crippen LogP contribution in [0.1, 0.15) is 12.0 Å². The lowest BCUT2D eigenvalue weighted by Gasteiger charge is -2.11. The molecule has 0 aliphatic carbocycles. The normalized spacial score (nSPS) is 12.5. The van der Waals surface area contributed by atoms with E-state index in [9.17, 15) is 4.79 Å². The summed E-state index contributed by atoms with van der Waals surface area (Å²) in [6.45, 7) is 0.916. The molecule has 1 aromatic carbocycles. The Morgan fingerprint density at radius 2 is 2.15 bits per heavy atom. The summed E-state index contributed by atoms with van der Waals surface area (Å²) < 4.78 is 10.0. The number of ether oxygens (including phenoxy) is 2. The number of methoxy groups -OCH3 is 1. The predicted octanol–water partition coefficient (Wildman–Crippen LogP) is 1.62. The summed E-state index contributed by atoms with van der Waals surface area (Å²) in [5, 5.41) is 1.09. The molecule has 0 fully saturated rings. The molecule has 108 valence electrons. The molecule has 1 atom stereocenters. The number of rotatable bonds is 7. The molecule has 1 aromatic heterocycles. The molecule has 2 rings (SSSR count). The van der Waals surface area contributed by atoms with Crippen LogP contribution in [0.3, 0.4) is 0 Å². The van der Waals surface area contributed by atoms with Crippen molar-refractivity contribution in [2.45, 2.75) is 18.9 Å². The molecular weight excluding hydrogens is 256 g/mol. The second kappa shape index (κ2) is 7.07. The summed E-state index contributed by atoms with van der Waals surface area (Å²) in [6, 6.07) is 7.29. The Hall–Kier alpha value is -1.85. The fraction of sp³-hybridized carbons (Fsp3) is 0.400. The van der Waals surface area contributed by atoms with Gasteiger partial charge in [-0.1, -0.05) is 18.2 Å². The highest BCUT2D eigenvalue weighted by Gasteiger charge is 2.17. The van der Waals surface area contributed by atoms with Crippen LogP contribution in [0.4, 0.5) is 0 Å². The summed E-state index contributed by atoms with van der Waals surface area (Å²) in [6.07, 6.45) is 3.04. The monoisotopic (exact) mass is 276 g/mol. The van der Waals surface area contributed by atoms with Crippen molar-refractivity contribution in [1.29, 1.82) is 0 Å². The quantitative estimate of drug-likeness (QED) is 0.595. The maximum absolute atomic E-state index is 11.8. The number of esters is 1. The first-order valence-corrected chi connectivity index (χ1v) is 6.68. The Kier molecular flexibility index (Phi) is 5.15. The van der Waals surface area contributed by atoms with Crippen LogP contribution < -0.4 is 5.73 Å². The fourth-order valence-corrected chi connectivity index (χ4v) is 2.10. The molecule has 5 nitrogen and oxygen atoms in total. The smallest absolute Gasteiger partial charge is 0.323 e. The first-order chi connectivity index (χ1) is 9.72. The number of benzene rings is 1. The van der Waals surface area contributed by atoms with E-state index in [2.05, 4.69) is 4.98 Å². The Morgan fingerprint density at radius 1 is 1.35 bits per heavy atom. The lowest BCUT2D eigenvalue weighted by atomic mass is 10.1. The fourth-order valence-electron chi connectivity index (χ4n) is 2.10. The van der Waals surface area contributed by atoms with Gasteiger partial charge in [-0.15, -0.1) is 0 Å². The molecule has 0 bridgehead atoms. The van der Waals surface area contributed by atoms with E-state index in [4.69, 9.17) is 15.2 Å². The van der Waals surface area contributed by atoms with E-state index < -0.39 is 6.04 Å². The third kappa shape index (κ3) is 3.59. The Bertz CT molecular complexity index is 565. The van der Waals surface area contributed by atoms with Crippen molar-refractivity contribution in [2.24, 2.45) is 5.73 Å². The van der Waals surface area contributed by atoms with Gasteiger partial charge in [0.25, 0.3) is 0 Å². The molecule has 0 saturated heterocycles. The molecule has 5 heteroatoms. The molecule has 2 aromatic rings. The molecular formula is C15H20N2O3. The number of nitrogens with one attached hydrogen (secondary N) is 1. The zero-order valence-corrected chi connectivity index (χ0v) is 11.6. The van der Waals surface area contributed by atoms with E-state index in [-0.39, 0.29) is 5.97 Å². The molecule has 0 radical (unpaired) electrons. The number of carbonyl (C=O) groups is 1. The average molecular weight is 276 g/mol. The van der Waals surface area contributed by atoms with Gasteiger partial charge in [0.2, 0.25) is 0 Å². The van der Waals surface area contributed by atoms with Gasteiger partial charge >= 0.3 is 5.97 Å². The van der Waals surface area contributed by atoms with Gasteiger partial charge in [-0.2, -0.15) is 0 Å². The van der Waals surface area contributed by atoms with Crippen molar-refractivity contribution in [3.63, 3.8) is 0 Å². The van der Waals surface area contributed by atoms with Gasteiger partial charge in [0.1, 0.15) is 6.04 Å². The largest absolute Gasteiger partial charge is 0.464 e. The first kappa shape index (κ1) is 14.6. The second-order valence-electron chi connectivity index (χ2n) is 4.68. The number of para-hydroxylation sites is 1. The number of carbonyl (C=O) groups excluding carboxylic acids is 1. The molecule has 0 spiro atoms. The van der Waals surface area contributed by atoms with Gasteiger partial charge in [-0.05, 0) is 11.6 Å². The van der Waals surface area contributed by atoms with Crippen LogP contribution in [0.25, 0.3) is 10.9 Å². The second-order valence-corrected chi connectivity index (χ2v) is 4.68.